The summed E-state index contributed by atoms with van der Waals surface area (Å²) in [4.78, 5) is 2.60. The molecule has 4 saturated heterocycles. The minimum Gasteiger partial charge on any atom is -0.377 e. The molecule has 4 heterocycles. The van der Waals surface area contributed by atoms with E-state index in [9.17, 15) is 0 Å². The van der Waals surface area contributed by atoms with Crippen molar-refractivity contribution in [1.82, 2.24) is 10.2 Å². The maximum absolute atomic E-state index is 5.65. The monoisotopic (exact) mass is 210 g/mol. The van der Waals surface area contributed by atoms with E-state index < -0.39 is 0 Å². The van der Waals surface area contributed by atoms with Crippen LogP contribution in [0.15, 0.2) is 0 Å². The van der Waals surface area contributed by atoms with E-state index in [-0.39, 0.29) is 0 Å². The molecule has 3 heteroatoms. The van der Waals surface area contributed by atoms with Gasteiger partial charge in [-0.3, -0.25) is 0 Å². The summed E-state index contributed by atoms with van der Waals surface area (Å²) in [6.45, 7) is 6.00. The largest absolute Gasteiger partial charge is 0.377 e. The molecule has 2 bridgehead atoms. The molecule has 86 valence electrons. The molecular weight excluding hydrogens is 188 g/mol. The standard InChI is InChI=1S/C12H22N2O/c1-2-11(15-7-1)8-13-12-9-14-5-3-10(12)4-6-14/h10-13H,1-9H2/t11-,12-/m0/s1. The fraction of sp³-hybridized carbons (Fsp3) is 1.00. The van der Waals surface area contributed by atoms with Gasteiger partial charge < -0.3 is 15.0 Å². The van der Waals surface area contributed by atoms with Crippen molar-refractivity contribution in [3.05, 3.63) is 0 Å². The van der Waals surface area contributed by atoms with Crippen molar-refractivity contribution < 1.29 is 4.74 Å². The van der Waals surface area contributed by atoms with Crippen LogP contribution in [0.5, 0.6) is 0 Å². The topological polar surface area (TPSA) is 24.5 Å². The van der Waals surface area contributed by atoms with Gasteiger partial charge >= 0.3 is 0 Å². The molecule has 0 aromatic heterocycles. The lowest BCUT2D eigenvalue weighted by molar-refractivity contribution is 0.0569. The van der Waals surface area contributed by atoms with Crippen molar-refractivity contribution in [3.63, 3.8) is 0 Å². The van der Waals surface area contributed by atoms with Crippen LogP contribution >= 0.6 is 0 Å². The number of nitrogens with zero attached hydrogens (tertiary/aromatic N) is 1. The molecule has 0 saturated carbocycles. The highest BCUT2D eigenvalue weighted by Gasteiger charge is 2.34. The average molecular weight is 210 g/mol. The minimum atomic E-state index is 0.500. The second-order valence-corrected chi connectivity index (χ2v) is 5.29. The van der Waals surface area contributed by atoms with E-state index in [2.05, 4.69) is 10.2 Å². The summed E-state index contributed by atoms with van der Waals surface area (Å²) in [6.07, 6.45) is 5.83. The smallest absolute Gasteiger partial charge is 0.0700 e. The predicted molar refractivity (Wildman–Crippen MR) is 59.9 cm³/mol. The molecule has 0 amide bonds. The Morgan fingerprint density at radius 1 is 1.20 bits per heavy atom. The van der Waals surface area contributed by atoms with Gasteiger partial charge in [0.1, 0.15) is 0 Å². The highest BCUT2D eigenvalue weighted by atomic mass is 16.5. The van der Waals surface area contributed by atoms with Gasteiger partial charge in [-0.1, -0.05) is 0 Å². The first-order chi connectivity index (χ1) is 7.42. The van der Waals surface area contributed by atoms with E-state index in [1.54, 1.807) is 0 Å². The van der Waals surface area contributed by atoms with Crippen LogP contribution in [0, 0.1) is 5.92 Å². The average Bonchev–Trinajstić information content (AvgIpc) is 2.81. The third-order valence-corrected chi connectivity index (χ3v) is 4.29. The molecule has 4 fully saturated rings. The lowest BCUT2D eigenvalue weighted by Gasteiger charge is -2.45. The molecule has 3 nitrogen and oxygen atoms in total. The Balaban J connectivity index is 1.46. The molecule has 2 atom stereocenters. The van der Waals surface area contributed by atoms with Crippen LogP contribution in [0.4, 0.5) is 0 Å². The lowest BCUT2D eigenvalue weighted by atomic mass is 9.84. The number of hydrogen-bond acceptors (Lipinski definition) is 3. The van der Waals surface area contributed by atoms with E-state index in [0.717, 1.165) is 25.1 Å². The highest BCUT2D eigenvalue weighted by molar-refractivity contribution is 4.91. The zero-order chi connectivity index (χ0) is 10.1. The van der Waals surface area contributed by atoms with Crippen LogP contribution in [0.3, 0.4) is 0 Å². The van der Waals surface area contributed by atoms with E-state index in [1.165, 1.54) is 45.3 Å². The van der Waals surface area contributed by atoms with Crippen molar-refractivity contribution in [2.45, 2.75) is 37.8 Å². The molecular formula is C12H22N2O. The molecule has 4 rings (SSSR count). The quantitative estimate of drug-likeness (QED) is 0.747. The summed E-state index contributed by atoms with van der Waals surface area (Å²) in [6, 6.07) is 0.747. The first-order valence-corrected chi connectivity index (χ1v) is 6.49. The number of rotatable bonds is 3. The lowest BCUT2D eigenvalue weighted by Crippen LogP contribution is -2.56. The Morgan fingerprint density at radius 3 is 2.67 bits per heavy atom. The molecule has 0 aliphatic carbocycles. The van der Waals surface area contributed by atoms with Gasteiger partial charge in [-0.25, -0.2) is 0 Å². The fourth-order valence-electron chi connectivity index (χ4n) is 3.28. The molecule has 0 radical (unpaired) electrons. The first kappa shape index (κ1) is 10.1. The fourth-order valence-corrected chi connectivity index (χ4v) is 3.28. The molecule has 0 spiro atoms. The van der Waals surface area contributed by atoms with Crippen LogP contribution in [-0.2, 0) is 4.74 Å². The third-order valence-electron chi connectivity index (χ3n) is 4.29. The molecule has 15 heavy (non-hydrogen) atoms. The third kappa shape index (κ3) is 2.19. The molecule has 0 aromatic carbocycles. The molecule has 4 aliphatic rings. The zero-order valence-corrected chi connectivity index (χ0v) is 9.45. The number of hydrogen-bond donors (Lipinski definition) is 1. The van der Waals surface area contributed by atoms with Gasteiger partial charge in [-0.15, -0.1) is 0 Å². The Morgan fingerprint density at radius 2 is 2.07 bits per heavy atom. The normalized spacial score (nSPS) is 44.8. The van der Waals surface area contributed by atoms with Crippen LogP contribution in [0.2, 0.25) is 0 Å². The van der Waals surface area contributed by atoms with Gasteiger partial charge in [-0.05, 0) is 44.7 Å². The SMILES string of the molecule is C1CO[C@H](CN[C@H]2CN3CCC2CC3)C1. The maximum Gasteiger partial charge on any atom is 0.0700 e. The van der Waals surface area contributed by atoms with Gasteiger partial charge in [0.15, 0.2) is 0 Å². The summed E-state index contributed by atoms with van der Waals surface area (Å²) < 4.78 is 5.65. The highest BCUT2D eigenvalue weighted by Crippen LogP contribution is 2.27. The minimum absolute atomic E-state index is 0.500. The van der Waals surface area contributed by atoms with Crippen LogP contribution in [-0.4, -0.2) is 49.8 Å². The second-order valence-electron chi connectivity index (χ2n) is 5.29. The van der Waals surface area contributed by atoms with Gasteiger partial charge in [0, 0.05) is 25.7 Å². The number of piperidine rings is 3. The predicted octanol–water partition coefficient (Wildman–Crippen LogP) is 0.849. The summed E-state index contributed by atoms with van der Waals surface area (Å²) in [5, 5.41) is 3.73. The van der Waals surface area contributed by atoms with Crippen LogP contribution in [0.25, 0.3) is 0 Å². The van der Waals surface area contributed by atoms with Gasteiger partial charge in [0.2, 0.25) is 0 Å². The van der Waals surface area contributed by atoms with E-state index in [1.807, 2.05) is 0 Å². The van der Waals surface area contributed by atoms with Gasteiger partial charge in [-0.2, -0.15) is 0 Å². The van der Waals surface area contributed by atoms with Crippen molar-refractivity contribution in [2.75, 3.05) is 32.8 Å². The first-order valence-electron chi connectivity index (χ1n) is 6.49. The van der Waals surface area contributed by atoms with Crippen LogP contribution in [0.1, 0.15) is 25.7 Å². The zero-order valence-electron chi connectivity index (χ0n) is 9.45. The Labute approximate surface area is 92.2 Å². The van der Waals surface area contributed by atoms with Crippen LogP contribution < -0.4 is 5.32 Å². The molecule has 0 unspecified atom stereocenters. The van der Waals surface area contributed by atoms with E-state index >= 15 is 0 Å². The van der Waals surface area contributed by atoms with Crippen molar-refractivity contribution in [1.29, 1.82) is 0 Å². The Hall–Kier alpha value is -0.120. The van der Waals surface area contributed by atoms with E-state index in [0.29, 0.717) is 6.10 Å². The summed E-state index contributed by atoms with van der Waals surface area (Å²) >= 11 is 0. The molecule has 4 aliphatic heterocycles. The van der Waals surface area contributed by atoms with Crippen molar-refractivity contribution in [3.8, 4) is 0 Å². The maximum atomic E-state index is 5.65. The molecule has 0 aromatic rings. The Bertz CT molecular complexity index is 208. The number of fused-ring (bicyclic) bond motifs is 3. The second kappa shape index (κ2) is 4.40. The molecule has 1 N–H and O–H groups in total. The number of ether oxygens (including phenoxy) is 1. The van der Waals surface area contributed by atoms with Gasteiger partial charge in [0.25, 0.3) is 0 Å². The summed E-state index contributed by atoms with van der Waals surface area (Å²) in [5.74, 6) is 0.941. The summed E-state index contributed by atoms with van der Waals surface area (Å²) in [5.41, 5.74) is 0. The number of nitrogens with one attached hydrogen (secondary N) is 1. The van der Waals surface area contributed by atoms with Gasteiger partial charge in [0.05, 0.1) is 6.10 Å². The van der Waals surface area contributed by atoms with Crippen molar-refractivity contribution in [2.24, 2.45) is 5.92 Å². The Kier molecular flexibility index (Phi) is 2.95. The summed E-state index contributed by atoms with van der Waals surface area (Å²) in [7, 11) is 0. The van der Waals surface area contributed by atoms with Crippen molar-refractivity contribution >= 4 is 0 Å². The van der Waals surface area contributed by atoms with E-state index in [4.69, 9.17) is 4.74 Å².